The highest BCUT2D eigenvalue weighted by molar-refractivity contribution is 5.95. The van der Waals surface area contributed by atoms with Gasteiger partial charge in [0, 0.05) is 6.20 Å². The number of ether oxygens (including phenoxy) is 1. The quantitative estimate of drug-likeness (QED) is 0.370. The number of carbonyl (C=O) groups is 1. The van der Waals surface area contributed by atoms with Gasteiger partial charge < -0.3 is 20.3 Å². The van der Waals surface area contributed by atoms with Crippen molar-refractivity contribution in [3.63, 3.8) is 0 Å². The Morgan fingerprint density at radius 2 is 1.79 bits per heavy atom. The van der Waals surface area contributed by atoms with E-state index in [4.69, 9.17) is 4.74 Å². The van der Waals surface area contributed by atoms with Gasteiger partial charge in [0.05, 0.1) is 23.9 Å². The predicted octanol–water partition coefficient (Wildman–Crippen LogP) is 3.32. The average molecular weight is 467 g/mol. The van der Waals surface area contributed by atoms with Crippen LogP contribution in [0.1, 0.15) is 33.4 Å². The second-order valence-corrected chi connectivity index (χ2v) is 7.71. The smallest absolute Gasteiger partial charge is 0.270 e. The van der Waals surface area contributed by atoms with E-state index in [-0.39, 0.29) is 23.6 Å². The van der Waals surface area contributed by atoms with E-state index in [1.165, 1.54) is 10.5 Å². The van der Waals surface area contributed by atoms with Crippen molar-refractivity contribution in [1.82, 2.24) is 14.7 Å². The van der Waals surface area contributed by atoms with Crippen LogP contribution >= 0.6 is 0 Å². The molecule has 2 aromatic heterocycles. The van der Waals surface area contributed by atoms with Crippen LogP contribution in [0.5, 0.6) is 5.75 Å². The first-order valence-corrected chi connectivity index (χ1v) is 10.6. The zero-order chi connectivity index (χ0) is 24.2. The Balaban J connectivity index is 1.63. The topological polar surface area (TPSA) is 96.1 Å². The molecule has 0 saturated heterocycles. The van der Waals surface area contributed by atoms with Crippen molar-refractivity contribution in [2.45, 2.75) is 25.7 Å². The second kappa shape index (κ2) is 9.98. The van der Waals surface area contributed by atoms with Crippen LogP contribution in [0.4, 0.5) is 8.78 Å². The first-order valence-electron chi connectivity index (χ1n) is 10.6. The van der Waals surface area contributed by atoms with Crippen molar-refractivity contribution in [1.29, 1.82) is 0 Å². The number of nitrogens with zero attached hydrogens (tertiary/aromatic N) is 2. The maximum Gasteiger partial charge on any atom is 0.270 e. The molecule has 0 saturated carbocycles. The first-order chi connectivity index (χ1) is 16.4. The number of nitrogens with one attached hydrogen (secondary N) is 1. The zero-order valence-electron chi connectivity index (χ0n) is 18.3. The Morgan fingerprint density at radius 1 is 1.09 bits per heavy atom. The molecule has 3 N–H and O–H groups in total. The number of aryl methyl sites for hydroxylation is 1. The van der Waals surface area contributed by atoms with Gasteiger partial charge in [-0.15, -0.1) is 0 Å². The monoisotopic (exact) mass is 467 g/mol. The number of fused-ring (bicyclic) bond motifs is 1. The van der Waals surface area contributed by atoms with Crippen LogP contribution in [0.3, 0.4) is 0 Å². The summed E-state index contributed by atoms with van der Waals surface area (Å²) >= 11 is 0. The maximum atomic E-state index is 14.0. The Bertz CT molecular complexity index is 1290. The van der Waals surface area contributed by atoms with Crippen molar-refractivity contribution in [3.8, 4) is 5.75 Å². The lowest BCUT2D eigenvalue weighted by atomic mass is 10.0. The van der Waals surface area contributed by atoms with E-state index in [2.05, 4.69) is 10.3 Å². The molecule has 7 nitrogen and oxygen atoms in total. The number of pyridine rings is 1. The van der Waals surface area contributed by atoms with Gasteiger partial charge in [-0.25, -0.2) is 13.8 Å². The summed E-state index contributed by atoms with van der Waals surface area (Å²) in [6.45, 7) is 0.739. The lowest BCUT2D eigenvalue weighted by Gasteiger charge is -2.23. The number of aliphatic hydroxyl groups excluding tert-OH is 2. The zero-order valence-corrected chi connectivity index (χ0v) is 18.3. The standard InChI is InChI=1S/C25H23F2N3O4/c1-15-23(25(33)29-22(20(32)13-31)16-7-3-2-4-8-16)30-12-6-11-21(24(30)28-15)34-14-17-18(26)9-5-10-19(17)27/h2-12,20,22,31-32H,13-14H2,1H3,(H,29,33)/t20-,22-/m1/s1. The maximum absolute atomic E-state index is 14.0. The fourth-order valence-electron chi connectivity index (χ4n) is 3.74. The third-order valence-electron chi connectivity index (χ3n) is 5.45. The summed E-state index contributed by atoms with van der Waals surface area (Å²) in [7, 11) is 0. The molecule has 0 fully saturated rings. The molecule has 0 aliphatic carbocycles. The molecule has 0 spiro atoms. The molecular formula is C25H23F2N3O4. The van der Waals surface area contributed by atoms with Crippen molar-refractivity contribution < 1.29 is 28.5 Å². The molecule has 2 heterocycles. The SMILES string of the molecule is Cc1nc2c(OCc3c(F)cccc3F)cccn2c1C(=O)N[C@H](c1ccccc1)[C@H](O)CO. The van der Waals surface area contributed by atoms with E-state index in [1.807, 2.05) is 0 Å². The van der Waals surface area contributed by atoms with E-state index in [1.54, 1.807) is 55.6 Å². The summed E-state index contributed by atoms with van der Waals surface area (Å²) in [4.78, 5) is 17.6. The highest BCUT2D eigenvalue weighted by Gasteiger charge is 2.26. The highest BCUT2D eigenvalue weighted by atomic mass is 19.1. The Hall–Kier alpha value is -3.82. The number of benzene rings is 2. The fourth-order valence-corrected chi connectivity index (χ4v) is 3.74. The number of hydrogen-bond donors (Lipinski definition) is 3. The molecule has 2 atom stereocenters. The predicted molar refractivity (Wildman–Crippen MR) is 120 cm³/mol. The number of rotatable bonds is 8. The lowest BCUT2D eigenvalue weighted by Crippen LogP contribution is -2.38. The summed E-state index contributed by atoms with van der Waals surface area (Å²) in [5.41, 5.74) is 1.29. The first kappa shape index (κ1) is 23.3. The molecule has 0 aliphatic heterocycles. The van der Waals surface area contributed by atoms with Gasteiger partial charge in [-0.05, 0) is 36.8 Å². The van der Waals surface area contributed by atoms with Crippen LogP contribution in [0.15, 0.2) is 66.9 Å². The third-order valence-corrected chi connectivity index (χ3v) is 5.45. The third kappa shape index (κ3) is 4.61. The number of halogens is 2. The van der Waals surface area contributed by atoms with Gasteiger partial charge in [0.15, 0.2) is 11.4 Å². The Morgan fingerprint density at radius 3 is 2.47 bits per heavy atom. The number of carbonyl (C=O) groups excluding carboxylic acids is 1. The molecule has 1 amide bonds. The summed E-state index contributed by atoms with van der Waals surface area (Å²) < 4.78 is 35.1. The summed E-state index contributed by atoms with van der Waals surface area (Å²) in [5, 5.41) is 22.5. The summed E-state index contributed by atoms with van der Waals surface area (Å²) in [6.07, 6.45) is 0.390. The number of imidazole rings is 1. The summed E-state index contributed by atoms with van der Waals surface area (Å²) in [5.74, 6) is -1.73. The molecule has 0 unspecified atom stereocenters. The molecule has 176 valence electrons. The van der Waals surface area contributed by atoms with Crippen LogP contribution in [-0.2, 0) is 6.61 Å². The molecule has 4 rings (SSSR count). The number of aromatic nitrogens is 2. The Kier molecular flexibility index (Phi) is 6.85. The Labute approximate surface area is 194 Å². The van der Waals surface area contributed by atoms with Gasteiger partial charge in [-0.1, -0.05) is 36.4 Å². The molecule has 0 aliphatic rings. The fraction of sp³-hybridized carbons (Fsp3) is 0.200. The lowest BCUT2D eigenvalue weighted by molar-refractivity contribution is 0.0561. The average Bonchev–Trinajstić information content (AvgIpc) is 3.18. The van der Waals surface area contributed by atoms with Crippen molar-refractivity contribution >= 4 is 11.6 Å². The minimum absolute atomic E-state index is 0.198. The molecule has 34 heavy (non-hydrogen) atoms. The van der Waals surface area contributed by atoms with Crippen LogP contribution < -0.4 is 10.1 Å². The van der Waals surface area contributed by atoms with E-state index < -0.39 is 36.3 Å². The van der Waals surface area contributed by atoms with Crippen LogP contribution in [-0.4, -0.2) is 38.2 Å². The molecule has 0 bridgehead atoms. The van der Waals surface area contributed by atoms with Crippen LogP contribution in [0.2, 0.25) is 0 Å². The van der Waals surface area contributed by atoms with Gasteiger partial charge in [-0.2, -0.15) is 0 Å². The van der Waals surface area contributed by atoms with Gasteiger partial charge >= 0.3 is 0 Å². The van der Waals surface area contributed by atoms with Crippen molar-refractivity contribution in [2.75, 3.05) is 6.61 Å². The van der Waals surface area contributed by atoms with Crippen molar-refractivity contribution in [2.24, 2.45) is 0 Å². The largest absolute Gasteiger partial charge is 0.485 e. The molecular weight excluding hydrogens is 444 g/mol. The van der Waals surface area contributed by atoms with Crippen LogP contribution in [0.25, 0.3) is 5.65 Å². The van der Waals surface area contributed by atoms with Gasteiger partial charge in [0.2, 0.25) is 0 Å². The van der Waals surface area contributed by atoms with Crippen molar-refractivity contribution in [3.05, 3.63) is 101 Å². The van der Waals surface area contributed by atoms with Gasteiger partial charge in [0.1, 0.15) is 30.0 Å². The number of amides is 1. The number of aliphatic hydroxyl groups is 2. The molecule has 9 heteroatoms. The molecule has 0 radical (unpaired) electrons. The second-order valence-electron chi connectivity index (χ2n) is 7.71. The number of hydrogen-bond acceptors (Lipinski definition) is 5. The summed E-state index contributed by atoms with van der Waals surface area (Å²) in [6, 6.07) is 14.7. The highest BCUT2D eigenvalue weighted by Crippen LogP contribution is 2.25. The van der Waals surface area contributed by atoms with Gasteiger partial charge in [-0.3, -0.25) is 9.20 Å². The van der Waals surface area contributed by atoms with E-state index in [0.29, 0.717) is 16.9 Å². The molecule has 4 aromatic rings. The normalized spacial score (nSPS) is 13.0. The minimum atomic E-state index is -1.22. The van der Waals surface area contributed by atoms with E-state index in [0.717, 1.165) is 12.1 Å². The van der Waals surface area contributed by atoms with E-state index in [9.17, 15) is 23.8 Å². The van der Waals surface area contributed by atoms with E-state index >= 15 is 0 Å². The minimum Gasteiger partial charge on any atom is -0.485 e. The molecule has 2 aromatic carbocycles. The van der Waals surface area contributed by atoms with Crippen LogP contribution in [0, 0.1) is 18.6 Å². The van der Waals surface area contributed by atoms with Gasteiger partial charge in [0.25, 0.3) is 5.91 Å².